The number of carbonyl (C=O) groups is 2. The van der Waals surface area contributed by atoms with Gasteiger partial charge >= 0.3 is 0 Å². The minimum absolute atomic E-state index is 0.153. The van der Waals surface area contributed by atoms with Crippen LogP contribution in [-0.2, 0) is 9.59 Å². The minimum atomic E-state index is -0.634. The van der Waals surface area contributed by atoms with Gasteiger partial charge in [0.25, 0.3) is 5.91 Å². The zero-order chi connectivity index (χ0) is 12.4. The summed E-state index contributed by atoms with van der Waals surface area (Å²) >= 11 is 0. The molecule has 0 spiro atoms. The zero-order valence-corrected chi connectivity index (χ0v) is 9.77. The maximum absolute atomic E-state index is 12.1. The van der Waals surface area contributed by atoms with Crippen molar-refractivity contribution in [1.82, 2.24) is 5.32 Å². The molecule has 1 aliphatic rings. The van der Waals surface area contributed by atoms with E-state index in [0.29, 0.717) is 11.4 Å². The number of nitrogens with zero attached hydrogens (tertiary/aromatic N) is 1. The molecule has 2 rings (SSSR count). The maximum atomic E-state index is 12.1. The Morgan fingerprint density at radius 2 is 2.18 bits per heavy atom. The first-order valence-corrected chi connectivity index (χ1v) is 5.36. The highest BCUT2D eigenvalue weighted by Crippen LogP contribution is 2.29. The SMILES string of the molecule is CC(=O)N[C@H]1COc2ccccc2N(C)C1=O. The third-order valence-electron chi connectivity index (χ3n) is 2.64. The molecule has 1 heterocycles. The van der Waals surface area contributed by atoms with Crippen LogP contribution in [0.4, 0.5) is 5.69 Å². The molecule has 0 saturated carbocycles. The monoisotopic (exact) mass is 234 g/mol. The van der Waals surface area contributed by atoms with Crippen LogP contribution >= 0.6 is 0 Å². The number of nitrogens with one attached hydrogen (secondary N) is 1. The molecule has 5 nitrogen and oxygen atoms in total. The van der Waals surface area contributed by atoms with Crippen LogP contribution in [-0.4, -0.2) is 31.5 Å². The molecule has 1 aliphatic heterocycles. The summed E-state index contributed by atoms with van der Waals surface area (Å²) in [6, 6.07) is 6.66. The second kappa shape index (κ2) is 4.45. The Morgan fingerprint density at radius 1 is 1.47 bits per heavy atom. The van der Waals surface area contributed by atoms with E-state index >= 15 is 0 Å². The molecule has 0 aromatic heterocycles. The highest BCUT2D eigenvalue weighted by molar-refractivity contribution is 6.00. The first-order valence-electron chi connectivity index (χ1n) is 5.36. The van der Waals surface area contributed by atoms with Gasteiger partial charge in [-0.15, -0.1) is 0 Å². The number of hydrogen-bond acceptors (Lipinski definition) is 3. The van der Waals surface area contributed by atoms with Crippen molar-refractivity contribution in [2.75, 3.05) is 18.6 Å². The van der Waals surface area contributed by atoms with Crippen molar-refractivity contribution in [2.24, 2.45) is 0 Å². The third-order valence-corrected chi connectivity index (χ3v) is 2.64. The van der Waals surface area contributed by atoms with Crippen molar-refractivity contribution in [2.45, 2.75) is 13.0 Å². The van der Waals surface area contributed by atoms with Crippen LogP contribution in [0.3, 0.4) is 0 Å². The Kier molecular flexibility index (Phi) is 2.99. The summed E-state index contributed by atoms with van der Waals surface area (Å²) in [7, 11) is 1.67. The first-order chi connectivity index (χ1) is 8.09. The molecule has 1 aromatic carbocycles. The smallest absolute Gasteiger partial charge is 0.252 e. The van der Waals surface area contributed by atoms with E-state index in [1.807, 2.05) is 18.2 Å². The molecule has 0 aliphatic carbocycles. The summed E-state index contributed by atoms with van der Waals surface area (Å²) in [5.41, 5.74) is 0.713. The Morgan fingerprint density at radius 3 is 2.88 bits per heavy atom. The second-order valence-corrected chi connectivity index (χ2v) is 3.93. The van der Waals surface area contributed by atoms with Crippen molar-refractivity contribution in [1.29, 1.82) is 0 Å². The number of likely N-dealkylation sites (N-methyl/N-ethyl adjacent to an activating group) is 1. The highest BCUT2D eigenvalue weighted by Gasteiger charge is 2.29. The first kappa shape index (κ1) is 11.4. The van der Waals surface area contributed by atoms with Gasteiger partial charge in [0.15, 0.2) is 0 Å². The lowest BCUT2D eigenvalue weighted by Gasteiger charge is -2.19. The van der Waals surface area contributed by atoms with Gasteiger partial charge in [-0.25, -0.2) is 0 Å². The molecule has 90 valence electrons. The number of anilines is 1. The molecule has 0 radical (unpaired) electrons. The maximum Gasteiger partial charge on any atom is 0.252 e. The Hall–Kier alpha value is -2.04. The van der Waals surface area contributed by atoms with Crippen molar-refractivity contribution in [3.8, 4) is 5.75 Å². The van der Waals surface area contributed by atoms with Gasteiger partial charge in [-0.2, -0.15) is 0 Å². The van der Waals surface area contributed by atoms with Crippen molar-refractivity contribution >= 4 is 17.5 Å². The molecule has 1 aromatic rings. The lowest BCUT2D eigenvalue weighted by Crippen LogP contribution is -2.48. The Labute approximate surface area is 99.4 Å². The Balaban J connectivity index is 2.29. The van der Waals surface area contributed by atoms with Crippen molar-refractivity contribution in [3.63, 3.8) is 0 Å². The molecule has 0 saturated heterocycles. The number of benzene rings is 1. The van der Waals surface area contributed by atoms with Crippen LogP contribution in [0, 0.1) is 0 Å². The van der Waals surface area contributed by atoms with E-state index in [-0.39, 0.29) is 18.4 Å². The molecule has 0 fully saturated rings. The van der Waals surface area contributed by atoms with Crippen LogP contribution in [0.1, 0.15) is 6.92 Å². The van der Waals surface area contributed by atoms with Crippen LogP contribution in [0.25, 0.3) is 0 Å². The van der Waals surface area contributed by atoms with E-state index in [9.17, 15) is 9.59 Å². The summed E-state index contributed by atoms with van der Waals surface area (Å²) in [4.78, 5) is 24.6. The van der Waals surface area contributed by atoms with Gasteiger partial charge in [0.05, 0.1) is 5.69 Å². The molecule has 2 amide bonds. The number of fused-ring (bicyclic) bond motifs is 1. The molecule has 1 atom stereocenters. The van der Waals surface area contributed by atoms with Gasteiger partial charge in [-0.3, -0.25) is 9.59 Å². The lowest BCUT2D eigenvalue weighted by molar-refractivity contribution is -0.126. The summed E-state index contributed by atoms with van der Waals surface area (Å²) in [5.74, 6) is 0.229. The molecule has 1 N–H and O–H groups in total. The van der Waals surface area contributed by atoms with E-state index in [1.54, 1.807) is 13.1 Å². The van der Waals surface area contributed by atoms with E-state index in [2.05, 4.69) is 5.32 Å². The van der Waals surface area contributed by atoms with Gasteiger partial charge in [0, 0.05) is 14.0 Å². The normalized spacial score (nSPS) is 19.1. The van der Waals surface area contributed by atoms with Crippen molar-refractivity contribution < 1.29 is 14.3 Å². The van der Waals surface area contributed by atoms with E-state index in [4.69, 9.17) is 4.74 Å². The number of rotatable bonds is 1. The Bertz CT molecular complexity index is 459. The average molecular weight is 234 g/mol. The fraction of sp³-hybridized carbons (Fsp3) is 0.333. The minimum Gasteiger partial charge on any atom is -0.489 e. The molecular formula is C12H14N2O3. The summed E-state index contributed by atoms with van der Waals surface area (Å²) in [5, 5.41) is 2.58. The molecular weight excluding hydrogens is 220 g/mol. The second-order valence-electron chi connectivity index (χ2n) is 3.93. The van der Waals surface area contributed by atoms with Crippen LogP contribution in [0.2, 0.25) is 0 Å². The topological polar surface area (TPSA) is 58.6 Å². The van der Waals surface area contributed by atoms with Crippen LogP contribution < -0.4 is 15.0 Å². The number of hydrogen-bond donors (Lipinski definition) is 1. The summed E-state index contributed by atoms with van der Waals surface area (Å²) < 4.78 is 5.53. The quantitative estimate of drug-likeness (QED) is 0.771. The predicted octanol–water partition coefficient (Wildman–Crippen LogP) is 0.546. The largest absolute Gasteiger partial charge is 0.489 e. The fourth-order valence-electron chi connectivity index (χ4n) is 1.80. The molecule has 0 bridgehead atoms. The van der Waals surface area contributed by atoms with Crippen LogP contribution in [0.5, 0.6) is 5.75 Å². The zero-order valence-electron chi connectivity index (χ0n) is 9.77. The number of carbonyl (C=O) groups excluding carboxylic acids is 2. The van der Waals surface area contributed by atoms with Gasteiger partial charge in [-0.05, 0) is 12.1 Å². The predicted molar refractivity (Wildman–Crippen MR) is 63.0 cm³/mol. The van der Waals surface area contributed by atoms with Gasteiger partial charge in [0.2, 0.25) is 5.91 Å². The van der Waals surface area contributed by atoms with Crippen molar-refractivity contribution in [3.05, 3.63) is 24.3 Å². The fourth-order valence-corrected chi connectivity index (χ4v) is 1.80. The molecule has 0 unspecified atom stereocenters. The molecule has 17 heavy (non-hydrogen) atoms. The van der Waals surface area contributed by atoms with Crippen LogP contribution in [0.15, 0.2) is 24.3 Å². The summed E-state index contributed by atoms with van der Waals surface area (Å²) in [6.07, 6.45) is 0. The number of para-hydroxylation sites is 2. The van der Waals surface area contributed by atoms with E-state index in [1.165, 1.54) is 11.8 Å². The van der Waals surface area contributed by atoms with E-state index in [0.717, 1.165) is 0 Å². The number of ether oxygens (including phenoxy) is 1. The van der Waals surface area contributed by atoms with Gasteiger partial charge < -0.3 is 15.0 Å². The summed E-state index contributed by atoms with van der Waals surface area (Å²) in [6.45, 7) is 1.53. The standard InChI is InChI=1S/C12H14N2O3/c1-8(15)13-9-7-17-11-6-4-3-5-10(11)14(2)12(9)16/h3-6,9H,7H2,1-2H3,(H,13,15)/t9-/m0/s1. The highest BCUT2D eigenvalue weighted by atomic mass is 16.5. The lowest BCUT2D eigenvalue weighted by atomic mass is 10.2. The third kappa shape index (κ3) is 2.22. The van der Waals surface area contributed by atoms with Gasteiger partial charge in [-0.1, -0.05) is 12.1 Å². The average Bonchev–Trinajstić information content (AvgIpc) is 2.42. The number of amides is 2. The van der Waals surface area contributed by atoms with E-state index < -0.39 is 6.04 Å². The molecule has 5 heteroatoms. The van der Waals surface area contributed by atoms with Gasteiger partial charge in [0.1, 0.15) is 18.4 Å².